The Labute approximate surface area is 122 Å². The van der Waals surface area contributed by atoms with Gasteiger partial charge in [0.1, 0.15) is 0 Å². The van der Waals surface area contributed by atoms with Gasteiger partial charge in [0.2, 0.25) is 11.2 Å². The van der Waals surface area contributed by atoms with Crippen molar-refractivity contribution in [3.05, 3.63) is 5.28 Å². The molecular weight excluding hydrogens is 290 g/mol. The van der Waals surface area contributed by atoms with E-state index in [9.17, 15) is 0 Å². The molecule has 19 heavy (non-hydrogen) atoms. The summed E-state index contributed by atoms with van der Waals surface area (Å²) in [6, 6.07) is 0.160. The van der Waals surface area contributed by atoms with Gasteiger partial charge in [0.25, 0.3) is 0 Å². The minimum absolute atomic E-state index is 0.0691. The van der Waals surface area contributed by atoms with Crippen LogP contribution in [0.1, 0.15) is 6.42 Å². The van der Waals surface area contributed by atoms with Crippen LogP contribution in [-0.4, -0.2) is 53.9 Å². The molecule has 106 valence electrons. The fourth-order valence-corrected chi connectivity index (χ4v) is 1.55. The average Bonchev–Trinajstić information content (AvgIpc) is 2.37. The third-order valence-electron chi connectivity index (χ3n) is 2.23. The maximum atomic E-state index is 5.82. The third-order valence-corrected chi connectivity index (χ3v) is 2.61. The second-order valence-corrected chi connectivity index (χ2v) is 4.45. The molecule has 1 heterocycles. The molecule has 0 bridgehead atoms. The molecule has 0 spiro atoms. The van der Waals surface area contributed by atoms with Crippen LogP contribution in [0.3, 0.4) is 0 Å². The van der Waals surface area contributed by atoms with Crippen LogP contribution in [0.2, 0.25) is 5.28 Å². The third kappa shape index (κ3) is 5.50. The summed E-state index contributed by atoms with van der Waals surface area (Å²) >= 11 is 10.7. The van der Waals surface area contributed by atoms with E-state index in [4.69, 9.17) is 39.0 Å². The second-order valence-electron chi connectivity index (χ2n) is 3.59. The van der Waals surface area contributed by atoms with Crippen LogP contribution in [0.4, 0.5) is 5.95 Å². The molecule has 2 N–H and O–H groups in total. The smallest absolute Gasteiger partial charge is 0.322 e. The highest BCUT2D eigenvalue weighted by molar-refractivity contribution is 7.80. The van der Waals surface area contributed by atoms with Crippen molar-refractivity contribution in [2.24, 2.45) is 5.73 Å². The number of nitrogens with two attached hydrogens (primary N) is 1. The van der Waals surface area contributed by atoms with Crippen LogP contribution in [0.25, 0.3) is 0 Å². The second kappa shape index (κ2) is 8.03. The Morgan fingerprint density at radius 1 is 1.32 bits per heavy atom. The Bertz CT molecular complexity index is 434. The summed E-state index contributed by atoms with van der Waals surface area (Å²) in [5.74, 6) is 0.408. The van der Waals surface area contributed by atoms with Gasteiger partial charge in [0.15, 0.2) is 0 Å². The predicted molar refractivity (Wildman–Crippen MR) is 76.9 cm³/mol. The fraction of sp³-hybridized carbons (Fsp3) is 0.600. The molecule has 7 nitrogen and oxygen atoms in total. The van der Waals surface area contributed by atoms with Gasteiger partial charge in [-0.2, -0.15) is 15.0 Å². The quantitative estimate of drug-likeness (QED) is 0.701. The Morgan fingerprint density at radius 3 is 2.63 bits per heavy atom. The van der Waals surface area contributed by atoms with E-state index in [1.54, 1.807) is 7.11 Å². The SMILES string of the molecule is COCCN(CCC(N)=S)c1nc(Cl)nc(OC)n1. The predicted octanol–water partition coefficient (Wildman–Crippen LogP) is 0.663. The largest absolute Gasteiger partial charge is 0.467 e. The van der Waals surface area contributed by atoms with Crippen LogP contribution in [0, 0.1) is 0 Å². The van der Waals surface area contributed by atoms with Gasteiger partial charge in [0.05, 0.1) is 18.7 Å². The van der Waals surface area contributed by atoms with E-state index >= 15 is 0 Å². The number of hydrogen-bond acceptors (Lipinski definition) is 7. The summed E-state index contributed by atoms with van der Waals surface area (Å²) in [7, 11) is 3.08. The molecule has 0 fully saturated rings. The topological polar surface area (TPSA) is 86.4 Å². The van der Waals surface area contributed by atoms with Crippen molar-refractivity contribution in [3.8, 4) is 6.01 Å². The normalized spacial score (nSPS) is 10.3. The van der Waals surface area contributed by atoms with Crippen LogP contribution >= 0.6 is 23.8 Å². The summed E-state index contributed by atoms with van der Waals surface area (Å²) in [6.45, 7) is 1.67. The van der Waals surface area contributed by atoms with Gasteiger partial charge in [-0.25, -0.2) is 0 Å². The Kier molecular flexibility index (Phi) is 6.68. The number of rotatable bonds is 8. The number of nitrogens with zero attached hydrogens (tertiary/aromatic N) is 4. The molecule has 0 aliphatic rings. The lowest BCUT2D eigenvalue weighted by atomic mass is 10.4. The summed E-state index contributed by atoms with van der Waals surface area (Å²) in [6.07, 6.45) is 0.546. The van der Waals surface area contributed by atoms with Crippen LogP contribution < -0.4 is 15.4 Å². The number of thiocarbonyl (C=S) groups is 1. The van der Waals surface area contributed by atoms with E-state index in [0.29, 0.717) is 37.1 Å². The first-order chi connectivity index (χ1) is 9.06. The highest BCUT2D eigenvalue weighted by Gasteiger charge is 2.13. The number of ether oxygens (including phenoxy) is 2. The van der Waals surface area contributed by atoms with Gasteiger partial charge in [-0.3, -0.25) is 0 Å². The first kappa shape index (κ1) is 15.8. The molecule has 9 heteroatoms. The zero-order valence-corrected chi connectivity index (χ0v) is 12.4. The van der Waals surface area contributed by atoms with Crippen molar-refractivity contribution in [2.75, 3.05) is 38.8 Å². The Morgan fingerprint density at radius 2 is 2.05 bits per heavy atom. The monoisotopic (exact) mass is 305 g/mol. The number of anilines is 1. The van der Waals surface area contributed by atoms with Crippen molar-refractivity contribution in [2.45, 2.75) is 6.42 Å². The van der Waals surface area contributed by atoms with Crippen molar-refractivity contribution < 1.29 is 9.47 Å². The maximum absolute atomic E-state index is 5.82. The molecule has 1 aromatic rings. The van der Waals surface area contributed by atoms with E-state index in [1.807, 2.05) is 4.90 Å². The number of hydrogen-bond donors (Lipinski definition) is 1. The lowest BCUT2D eigenvalue weighted by Gasteiger charge is -2.22. The van der Waals surface area contributed by atoms with Crippen molar-refractivity contribution >= 4 is 34.8 Å². The minimum Gasteiger partial charge on any atom is -0.467 e. The maximum Gasteiger partial charge on any atom is 0.322 e. The molecule has 0 aliphatic heterocycles. The lowest BCUT2D eigenvalue weighted by molar-refractivity contribution is 0.205. The number of halogens is 1. The highest BCUT2D eigenvalue weighted by atomic mass is 35.5. The average molecular weight is 306 g/mol. The molecular formula is C10H16ClN5O2S. The molecule has 1 rings (SSSR count). The standard InChI is InChI=1S/C10H16ClN5O2S/c1-17-6-5-16(4-3-7(12)19)9-13-8(11)14-10(15-9)18-2/h3-6H2,1-2H3,(H2,12,19). The van der Waals surface area contributed by atoms with Crippen LogP contribution in [-0.2, 0) is 4.74 Å². The zero-order valence-electron chi connectivity index (χ0n) is 10.8. The van der Waals surface area contributed by atoms with Crippen molar-refractivity contribution in [1.29, 1.82) is 0 Å². The van der Waals surface area contributed by atoms with Gasteiger partial charge in [-0.05, 0) is 11.6 Å². The zero-order chi connectivity index (χ0) is 14.3. The molecule has 0 aliphatic carbocycles. The molecule has 0 amide bonds. The van der Waals surface area contributed by atoms with E-state index in [2.05, 4.69) is 15.0 Å². The molecule has 0 unspecified atom stereocenters. The first-order valence-electron chi connectivity index (χ1n) is 5.54. The minimum atomic E-state index is 0.0691. The van der Waals surface area contributed by atoms with Crippen molar-refractivity contribution in [3.63, 3.8) is 0 Å². The van der Waals surface area contributed by atoms with Gasteiger partial charge < -0.3 is 20.1 Å². The van der Waals surface area contributed by atoms with Gasteiger partial charge in [-0.1, -0.05) is 12.2 Å². The van der Waals surface area contributed by atoms with Gasteiger partial charge in [-0.15, -0.1) is 0 Å². The Hall–Kier alpha value is -1.25. The van der Waals surface area contributed by atoms with Crippen molar-refractivity contribution in [1.82, 2.24) is 15.0 Å². The highest BCUT2D eigenvalue weighted by Crippen LogP contribution is 2.15. The molecule has 1 aromatic heterocycles. The summed E-state index contributed by atoms with van der Waals surface area (Å²) in [5, 5.41) is 0.0691. The fourth-order valence-electron chi connectivity index (χ4n) is 1.31. The summed E-state index contributed by atoms with van der Waals surface area (Å²) in [5.41, 5.74) is 5.50. The molecule has 0 saturated carbocycles. The molecule has 0 radical (unpaired) electrons. The van der Waals surface area contributed by atoms with Crippen LogP contribution in [0.5, 0.6) is 6.01 Å². The van der Waals surface area contributed by atoms with E-state index < -0.39 is 0 Å². The molecule has 0 atom stereocenters. The molecule has 0 aromatic carbocycles. The van der Waals surface area contributed by atoms with Crippen LogP contribution in [0.15, 0.2) is 0 Å². The van der Waals surface area contributed by atoms with Gasteiger partial charge >= 0.3 is 6.01 Å². The van der Waals surface area contributed by atoms with E-state index in [0.717, 1.165) is 0 Å². The number of aromatic nitrogens is 3. The first-order valence-corrected chi connectivity index (χ1v) is 6.33. The summed E-state index contributed by atoms with van der Waals surface area (Å²) < 4.78 is 10.0. The molecule has 0 saturated heterocycles. The van der Waals surface area contributed by atoms with E-state index in [-0.39, 0.29) is 11.3 Å². The van der Waals surface area contributed by atoms with Gasteiger partial charge in [0, 0.05) is 26.6 Å². The number of methoxy groups -OCH3 is 2. The lowest BCUT2D eigenvalue weighted by Crippen LogP contribution is -2.32. The van der Waals surface area contributed by atoms with E-state index in [1.165, 1.54) is 7.11 Å². The Balaban J connectivity index is 2.88. The summed E-state index contributed by atoms with van der Waals surface area (Å²) in [4.78, 5) is 14.3.